The predicted octanol–water partition coefficient (Wildman–Crippen LogP) is 6.31. The molecule has 2 atom stereocenters. The Morgan fingerprint density at radius 1 is 1.07 bits per heavy atom. The van der Waals surface area contributed by atoms with Crippen LogP contribution in [0.4, 0.5) is 0 Å². The van der Waals surface area contributed by atoms with Crippen molar-refractivity contribution in [2.75, 3.05) is 13.4 Å². The smallest absolute Gasteiger partial charge is 0.213 e. The van der Waals surface area contributed by atoms with E-state index in [4.69, 9.17) is 26.2 Å². The van der Waals surface area contributed by atoms with Crippen molar-refractivity contribution in [1.82, 2.24) is 5.01 Å². The van der Waals surface area contributed by atoms with Gasteiger partial charge in [0.05, 0.1) is 18.9 Å². The molecule has 2 heterocycles. The van der Waals surface area contributed by atoms with E-state index in [1.165, 1.54) is 4.90 Å². The van der Waals surface area contributed by atoms with Crippen LogP contribution in [0.1, 0.15) is 35.4 Å². The van der Waals surface area contributed by atoms with Gasteiger partial charge in [-0.2, -0.15) is 5.10 Å². The van der Waals surface area contributed by atoms with E-state index in [1.54, 1.807) is 18.9 Å². The molecule has 0 radical (unpaired) electrons. The minimum atomic E-state index is -0.282. The molecular formula is C24H21ClN2O2S. The molecule has 152 valence electrons. The molecular weight excluding hydrogens is 416 g/mol. The van der Waals surface area contributed by atoms with Crippen molar-refractivity contribution in [3.63, 3.8) is 0 Å². The average molecular weight is 437 g/mol. The number of rotatable bonds is 4. The molecule has 0 saturated heterocycles. The van der Waals surface area contributed by atoms with Gasteiger partial charge in [-0.25, -0.2) is 5.01 Å². The summed E-state index contributed by atoms with van der Waals surface area (Å²) in [5.41, 5.74) is 4.28. The number of ether oxygens (including phenoxy) is 2. The second kappa shape index (κ2) is 7.89. The molecule has 3 aromatic rings. The number of halogens is 1. The van der Waals surface area contributed by atoms with Gasteiger partial charge in [-0.15, -0.1) is 11.8 Å². The number of hydrogen-bond donors (Lipinski definition) is 0. The summed E-state index contributed by atoms with van der Waals surface area (Å²) in [4.78, 5) is 1.22. The fraction of sp³-hybridized carbons (Fsp3) is 0.208. The van der Waals surface area contributed by atoms with Crippen molar-refractivity contribution < 1.29 is 9.47 Å². The molecule has 0 bridgehead atoms. The van der Waals surface area contributed by atoms with Crippen molar-refractivity contribution in [2.45, 2.75) is 23.6 Å². The van der Waals surface area contributed by atoms with E-state index in [0.717, 1.165) is 40.3 Å². The highest BCUT2D eigenvalue weighted by Crippen LogP contribution is 2.48. The molecule has 0 saturated carbocycles. The van der Waals surface area contributed by atoms with Crippen LogP contribution in [-0.2, 0) is 0 Å². The van der Waals surface area contributed by atoms with Gasteiger partial charge in [0.25, 0.3) is 0 Å². The Morgan fingerprint density at radius 3 is 2.53 bits per heavy atom. The first-order valence-electron chi connectivity index (χ1n) is 9.76. The van der Waals surface area contributed by atoms with E-state index >= 15 is 0 Å². The van der Waals surface area contributed by atoms with E-state index in [2.05, 4.69) is 47.7 Å². The summed E-state index contributed by atoms with van der Waals surface area (Å²) >= 11 is 8.04. The van der Waals surface area contributed by atoms with Gasteiger partial charge >= 0.3 is 0 Å². The molecule has 2 aliphatic rings. The van der Waals surface area contributed by atoms with Crippen LogP contribution in [0.25, 0.3) is 0 Å². The van der Waals surface area contributed by atoms with Gasteiger partial charge in [-0.3, -0.25) is 0 Å². The second-order valence-corrected chi connectivity index (χ2v) is 8.62. The Labute approximate surface area is 185 Å². The summed E-state index contributed by atoms with van der Waals surface area (Å²) in [7, 11) is 1.67. The molecule has 0 N–H and O–H groups in total. The quantitative estimate of drug-likeness (QED) is 0.448. The third kappa shape index (κ3) is 3.42. The van der Waals surface area contributed by atoms with Crippen LogP contribution in [0.2, 0.25) is 5.02 Å². The summed E-state index contributed by atoms with van der Waals surface area (Å²) in [6, 6.07) is 22.4. The normalized spacial score (nSPS) is 19.6. The topological polar surface area (TPSA) is 34.1 Å². The van der Waals surface area contributed by atoms with E-state index in [-0.39, 0.29) is 12.3 Å². The van der Waals surface area contributed by atoms with E-state index < -0.39 is 0 Å². The first kappa shape index (κ1) is 19.3. The molecule has 0 fully saturated rings. The van der Waals surface area contributed by atoms with Crippen LogP contribution in [0.5, 0.6) is 11.5 Å². The van der Waals surface area contributed by atoms with Crippen molar-refractivity contribution in [2.24, 2.45) is 5.10 Å². The summed E-state index contributed by atoms with van der Waals surface area (Å²) in [5.74, 6) is 1.70. The summed E-state index contributed by atoms with van der Waals surface area (Å²) < 4.78 is 11.7. The summed E-state index contributed by atoms with van der Waals surface area (Å²) in [6.07, 6.45) is 2.59. The number of nitrogens with zero attached hydrogens (tertiary/aromatic N) is 2. The van der Waals surface area contributed by atoms with Crippen molar-refractivity contribution >= 4 is 29.1 Å². The highest BCUT2D eigenvalue weighted by molar-refractivity contribution is 7.98. The Hall–Kier alpha value is -2.63. The number of hydrazone groups is 1. The van der Waals surface area contributed by atoms with Crippen LogP contribution in [0.15, 0.2) is 76.7 Å². The first-order valence-corrected chi connectivity index (χ1v) is 11.4. The molecule has 5 rings (SSSR count). The molecule has 0 aliphatic carbocycles. The minimum Gasteiger partial charge on any atom is -0.497 e. The fourth-order valence-electron chi connectivity index (χ4n) is 4.00. The van der Waals surface area contributed by atoms with Gasteiger partial charge in [0.2, 0.25) is 6.23 Å². The SMILES string of the molecule is COc1ccc(C2=NN3[C@H](C2)c2cc(Cl)ccc2O[C@H]3c2ccc(SC)cc2)cc1. The monoisotopic (exact) mass is 436 g/mol. The molecule has 0 unspecified atom stereocenters. The summed E-state index contributed by atoms with van der Waals surface area (Å²) in [6.45, 7) is 0. The van der Waals surface area contributed by atoms with Crippen LogP contribution in [-0.4, -0.2) is 24.1 Å². The van der Waals surface area contributed by atoms with Crippen LogP contribution in [0.3, 0.4) is 0 Å². The maximum Gasteiger partial charge on any atom is 0.213 e. The predicted molar refractivity (Wildman–Crippen MR) is 122 cm³/mol. The maximum absolute atomic E-state index is 6.41. The number of benzene rings is 3. The van der Waals surface area contributed by atoms with Crippen molar-refractivity contribution in [3.05, 3.63) is 88.4 Å². The zero-order valence-corrected chi connectivity index (χ0v) is 18.3. The Bertz CT molecular complexity index is 1100. The van der Waals surface area contributed by atoms with Crippen LogP contribution >= 0.6 is 23.4 Å². The molecule has 3 aromatic carbocycles. The van der Waals surface area contributed by atoms with Gasteiger partial charge in [0.1, 0.15) is 11.5 Å². The number of hydrogen-bond acceptors (Lipinski definition) is 5. The zero-order valence-electron chi connectivity index (χ0n) is 16.7. The van der Waals surface area contributed by atoms with Crippen molar-refractivity contribution in [1.29, 1.82) is 0 Å². The number of fused-ring (bicyclic) bond motifs is 3. The molecule has 0 spiro atoms. The maximum atomic E-state index is 6.41. The third-order valence-corrected chi connectivity index (χ3v) is 6.55. The lowest BCUT2D eigenvalue weighted by Gasteiger charge is -2.38. The highest BCUT2D eigenvalue weighted by atomic mass is 35.5. The molecule has 6 heteroatoms. The molecule has 30 heavy (non-hydrogen) atoms. The lowest BCUT2D eigenvalue weighted by atomic mass is 9.96. The Balaban J connectivity index is 1.56. The van der Waals surface area contributed by atoms with Crippen molar-refractivity contribution in [3.8, 4) is 11.5 Å². The first-order chi connectivity index (χ1) is 14.7. The standard InChI is InChI=1S/C24H21ClN2O2S/c1-28-18-8-3-15(4-9-18)21-14-22-20-13-17(25)7-12-23(20)29-24(27(22)26-21)16-5-10-19(30-2)11-6-16/h3-13,22,24H,14H2,1-2H3/t22-,24+/m1/s1. The van der Waals surface area contributed by atoms with Gasteiger partial charge in [0.15, 0.2) is 0 Å². The molecule has 0 aromatic heterocycles. The Kier molecular flexibility index (Phi) is 5.09. The third-order valence-electron chi connectivity index (χ3n) is 5.58. The van der Waals surface area contributed by atoms with Gasteiger partial charge in [0, 0.05) is 27.5 Å². The summed E-state index contributed by atoms with van der Waals surface area (Å²) in [5, 5.41) is 7.78. The van der Waals surface area contributed by atoms with E-state index in [0.29, 0.717) is 5.02 Å². The lowest BCUT2D eigenvalue weighted by molar-refractivity contribution is -0.0190. The Morgan fingerprint density at radius 2 is 1.83 bits per heavy atom. The molecule has 2 aliphatic heterocycles. The largest absolute Gasteiger partial charge is 0.497 e. The fourth-order valence-corrected chi connectivity index (χ4v) is 4.59. The van der Waals surface area contributed by atoms with Gasteiger partial charge in [-0.1, -0.05) is 23.7 Å². The average Bonchev–Trinajstić information content (AvgIpc) is 3.24. The van der Waals surface area contributed by atoms with Gasteiger partial charge < -0.3 is 9.47 Å². The molecule has 0 amide bonds. The number of thioether (sulfide) groups is 1. The zero-order chi connectivity index (χ0) is 20.7. The minimum absolute atomic E-state index is 0.0785. The van der Waals surface area contributed by atoms with E-state index in [1.807, 2.05) is 30.3 Å². The number of methoxy groups -OCH3 is 1. The van der Waals surface area contributed by atoms with Gasteiger partial charge in [-0.05, 0) is 66.4 Å². The van der Waals surface area contributed by atoms with E-state index in [9.17, 15) is 0 Å². The van der Waals surface area contributed by atoms with Crippen LogP contribution in [0, 0.1) is 0 Å². The highest BCUT2D eigenvalue weighted by Gasteiger charge is 2.41. The lowest BCUT2D eigenvalue weighted by Crippen LogP contribution is -2.33. The second-order valence-electron chi connectivity index (χ2n) is 7.30. The molecule has 4 nitrogen and oxygen atoms in total. The van der Waals surface area contributed by atoms with Crippen LogP contribution < -0.4 is 9.47 Å².